The van der Waals surface area contributed by atoms with E-state index < -0.39 is 5.92 Å². The van der Waals surface area contributed by atoms with Crippen LogP contribution in [0.4, 0.5) is 0 Å². The maximum Gasteiger partial charge on any atom is 0.244 e. The normalized spacial score (nSPS) is 16.5. The molecule has 3 rings (SSSR count). The van der Waals surface area contributed by atoms with Gasteiger partial charge in [-0.3, -0.25) is 5.10 Å². The Kier molecular flexibility index (Phi) is 4.28. The highest BCUT2D eigenvalue weighted by atomic mass is 16.5. The van der Waals surface area contributed by atoms with Crippen LogP contribution in [0.15, 0.2) is 29.7 Å². The van der Waals surface area contributed by atoms with Crippen LogP contribution in [0.5, 0.6) is 17.4 Å². The predicted molar refractivity (Wildman–Crippen MR) is 96.1 cm³/mol. The summed E-state index contributed by atoms with van der Waals surface area (Å²) in [5.41, 5.74) is 8.63. The lowest BCUT2D eigenvalue weighted by Crippen LogP contribution is -2.24. The molecule has 2 aromatic rings. The molecule has 0 saturated carbocycles. The first-order valence-corrected chi connectivity index (χ1v) is 8.19. The summed E-state index contributed by atoms with van der Waals surface area (Å²) in [5, 5.41) is 17.1. The minimum atomic E-state index is -0.430. The van der Waals surface area contributed by atoms with Crippen molar-refractivity contribution in [2.45, 2.75) is 32.1 Å². The second-order valence-corrected chi connectivity index (χ2v) is 7.14. The summed E-state index contributed by atoms with van der Waals surface area (Å²) in [6.45, 7) is 6.20. The number of nitrogens with two attached hydrogens (primary N) is 1. The third kappa shape index (κ3) is 2.84. The number of hydrogen-bond acceptors (Lipinski definition) is 6. The number of fused-ring (bicyclic) bond motifs is 1. The van der Waals surface area contributed by atoms with Gasteiger partial charge in [0.05, 0.1) is 25.7 Å². The molecule has 1 aromatic heterocycles. The number of H-pyrrole nitrogens is 1. The zero-order valence-corrected chi connectivity index (χ0v) is 15.5. The van der Waals surface area contributed by atoms with Gasteiger partial charge in [0.15, 0.2) is 0 Å². The van der Waals surface area contributed by atoms with Crippen molar-refractivity contribution < 1.29 is 14.2 Å². The predicted octanol–water partition coefficient (Wildman–Crippen LogP) is 2.94. The van der Waals surface area contributed by atoms with E-state index in [1.54, 1.807) is 20.3 Å². The number of allylic oxidation sites excluding steroid dienone is 1. The third-order valence-electron chi connectivity index (χ3n) is 4.40. The lowest BCUT2D eigenvalue weighted by molar-refractivity contribution is 0.376. The van der Waals surface area contributed by atoms with Crippen LogP contribution in [0.25, 0.3) is 0 Å². The van der Waals surface area contributed by atoms with Gasteiger partial charge in [-0.25, -0.2) is 0 Å². The summed E-state index contributed by atoms with van der Waals surface area (Å²) < 4.78 is 16.4. The number of hydrogen-bond donors (Lipinski definition) is 2. The minimum Gasteiger partial charge on any atom is -0.497 e. The Labute approximate surface area is 152 Å². The van der Waals surface area contributed by atoms with Gasteiger partial charge in [-0.1, -0.05) is 20.8 Å². The Morgan fingerprint density at radius 3 is 2.31 bits per heavy atom. The van der Waals surface area contributed by atoms with Crippen LogP contribution in [0.3, 0.4) is 0 Å². The molecule has 7 nitrogen and oxygen atoms in total. The van der Waals surface area contributed by atoms with E-state index in [2.05, 4.69) is 37.0 Å². The molecule has 1 aliphatic rings. The first kappa shape index (κ1) is 17.7. The zero-order chi connectivity index (χ0) is 19.1. The Balaban J connectivity index is 2.29. The molecule has 7 heteroatoms. The average Bonchev–Trinajstić information content (AvgIpc) is 3.03. The molecule has 0 spiro atoms. The van der Waals surface area contributed by atoms with Crippen molar-refractivity contribution in [2.75, 3.05) is 14.2 Å². The van der Waals surface area contributed by atoms with Crippen LogP contribution in [-0.2, 0) is 5.41 Å². The van der Waals surface area contributed by atoms with Crippen molar-refractivity contribution in [1.82, 2.24) is 10.2 Å². The van der Waals surface area contributed by atoms with E-state index in [9.17, 15) is 5.26 Å². The third-order valence-corrected chi connectivity index (χ3v) is 4.40. The number of aromatic amines is 1. The number of nitrogens with zero attached hydrogens (tertiary/aromatic N) is 2. The van der Waals surface area contributed by atoms with Crippen molar-refractivity contribution in [2.24, 2.45) is 5.73 Å². The molecule has 0 unspecified atom stereocenters. The molecule has 136 valence electrons. The molecule has 1 atom stereocenters. The van der Waals surface area contributed by atoms with Crippen molar-refractivity contribution in [1.29, 1.82) is 5.26 Å². The number of ether oxygens (including phenoxy) is 3. The summed E-state index contributed by atoms with van der Waals surface area (Å²) in [6, 6.07) is 7.71. The first-order valence-electron chi connectivity index (χ1n) is 8.19. The van der Waals surface area contributed by atoms with E-state index in [4.69, 9.17) is 19.9 Å². The molecule has 0 aliphatic carbocycles. The van der Waals surface area contributed by atoms with Crippen LogP contribution in [-0.4, -0.2) is 24.4 Å². The largest absolute Gasteiger partial charge is 0.497 e. The van der Waals surface area contributed by atoms with Gasteiger partial charge in [0, 0.05) is 17.2 Å². The smallest absolute Gasteiger partial charge is 0.244 e. The van der Waals surface area contributed by atoms with Crippen LogP contribution in [0.1, 0.15) is 43.5 Å². The van der Waals surface area contributed by atoms with Gasteiger partial charge < -0.3 is 19.9 Å². The molecule has 0 fully saturated rings. The summed E-state index contributed by atoms with van der Waals surface area (Å²) >= 11 is 0. The fourth-order valence-corrected chi connectivity index (χ4v) is 3.15. The molecule has 3 N–H and O–H groups in total. The highest BCUT2D eigenvalue weighted by Gasteiger charge is 2.38. The van der Waals surface area contributed by atoms with E-state index in [1.165, 1.54) is 0 Å². The fraction of sp³-hybridized carbons (Fsp3) is 0.368. The number of nitrogens with one attached hydrogen (secondary N) is 1. The topological polar surface area (TPSA) is 106 Å². The summed E-state index contributed by atoms with van der Waals surface area (Å²) in [5.74, 6) is 1.27. The SMILES string of the molecule is COc1cc(OC)cc([C@@H]2C(C#N)=C(N)Oc3n[nH]c(C(C)(C)C)c32)c1. The monoisotopic (exact) mass is 354 g/mol. The molecule has 1 aromatic carbocycles. The van der Waals surface area contributed by atoms with Gasteiger partial charge >= 0.3 is 0 Å². The van der Waals surface area contributed by atoms with Gasteiger partial charge in [-0.15, -0.1) is 5.10 Å². The lowest BCUT2D eigenvalue weighted by atomic mass is 9.78. The van der Waals surface area contributed by atoms with Crippen molar-refractivity contribution in [3.8, 4) is 23.4 Å². The van der Waals surface area contributed by atoms with Crippen LogP contribution >= 0.6 is 0 Å². The second-order valence-electron chi connectivity index (χ2n) is 7.14. The van der Waals surface area contributed by atoms with E-state index in [0.29, 0.717) is 23.0 Å². The number of aromatic nitrogens is 2. The minimum absolute atomic E-state index is 0.0544. The molecule has 26 heavy (non-hydrogen) atoms. The molecule has 0 saturated heterocycles. The zero-order valence-electron chi connectivity index (χ0n) is 15.5. The highest BCUT2D eigenvalue weighted by molar-refractivity contribution is 5.58. The summed E-state index contributed by atoms with van der Waals surface area (Å²) in [4.78, 5) is 0. The van der Waals surface area contributed by atoms with Crippen LogP contribution in [0.2, 0.25) is 0 Å². The molecular formula is C19H22N4O3. The van der Waals surface area contributed by atoms with E-state index in [1.807, 2.05) is 12.1 Å². The van der Waals surface area contributed by atoms with E-state index >= 15 is 0 Å². The van der Waals surface area contributed by atoms with Crippen molar-refractivity contribution >= 4 is 0 Å². The maximum absolute atomic E-state index is 9.74. The van der Waals surface area contributed by atoms with Gasteiger partial charge in [0.2, 0.25) is 11.8 Å². The number of benzene rings is 1. The van der Waals surface area contributed by atoms with E-state index in [-0.39, 0.29) is 11.3 Å². The van der Waals surface area contributed by atoms with Gasteiger partial charge in [0.1, 0.15) is 23.1 Å². The average molecular weight is 354 g/mol. The molecule has 2 heterocycles. The van der Waals surface area contributed by atoms with Gasteiger partial charge in [-0.2, -0.15) is 5.26 Å². The molecule has 0 amide bonds. The maximum atomic E-state index is 9.74. The van der Waals surface area contributed by atoms with E-state index in [0.717, 1.165) is 16.8 Å². The summed E-state index contributed by atoms with van der Waals surface area (Å²) in [7, 11) is 3.17. The summed E-state index contributed by atoms with van der Waals surface area (Å²) in [6.07, 6.45) is 0. The Morgan fingerprint density at radius 1 is 1.19 bits per heavy atom. The molecule has 0 bridgehead atoms. The Morgan fingerprint density at radius 2 is 1.81 bits per heavy atom. The lowest BCUT2D eigenvalue weighted by Gasteiger charge is -2.27. The van der Waals surface area contributed by atoms with Crippen LogP contribution < -0.4 is 19.9 Å². The number of rotatable bonds is 3. The van der Waals surface area contributed by atoms with Crippen molar-refractivity contribution in [3.05, 3.63) is 46.5 Å². The van der Waals surface area contributed by atoms with Gasteiger partial charge in [0.25, 0.3) is 0 Å². The highest BCUT2D eigenvalue weighted by Crippen LogP contribution is 2.46. The number of nitriles is 1. The second kappa shape index (κ2) is 6.30. The standard InChI is InChI=1S/C19H22N4O3/c1-19(2,3)16-15-14(10-6-11(24-4)8-12(7-10)25-5)13(9-20)17(21)26-18(15)23-22-16/h6-8,14H,21H2,1-5H3,(H,22,23)/t14-/m1/s1. The fourth-order valence-electron chi connectivity index (χ4n) is 3.15. The Hall–Kier alpha value is -3.14. The van der Waals surface area contributed by atoms with Crippen LogP contribution in [0, 0.1) is 11.3 Å². The molecule has 1 aliphatic heterocycles. The van der Waals surface area contributed by atoms with Gasteiger partial charge in [-0.05, 0) is 17.7 Å². The van der Waals surface area contributed by atoms with Crippen molar-refractivity contribution in [3.63, 3.8) is 0 Å². The quantitative estimate of drug-likeness (QED) is 0.878. The first-order chi connectivity index (χ1) is 12.3. The molecule has 0 radical (unpaired) electrons. The Bertz CT molecular complexity index is 894. The molecular weight excluding hydrogens is 332 g/mol. The number of methoxy groups -OCH3 is 2.